The number of Topliss-reactive ketones (excluding diaryl/α,β-unsaturated/α-hetero) is 1. The van der Waals surface area contributed by atoms with Crippen molar-refractivity contribution < 1.29 is 14.4 Å². The van der Waals surface area contributed by atoms with Gasteiger partial charge in [-0.2, -0.15) is 0 Å². The van der Waals surface area contributed by atoms with Crippen molar-refractivity contribution in [3.8, 4) is 0 Å². The van der Waals surface area contributed by atoms with Gasteiger partial charge < -0.3 is 10.8 Å². The van der Waals surface area contributed by atoms with Crippen LogP contribution in [0.15, 0.2) is 0 Å². The van der Waals surface area contributed by atoms with Crippen molar-refractivity contribution >= 4 is 30.8 Å². The monoisotopic (exact) mass is 192 g/mol. The highest BCUT2D eigenvalue weighted by Crippen LogP contribution is 2.09. The fourth-order valence-corrected chi connectivity index (χ4v) is 0.848. The van der Waals surface area contributed by atoms with Crippen molar-refractivity contribution in [1.29, 1.82) is 10.8 Å². The third-order valence-electron chi connectivity index (χ3n) is 1.58. The Kier molecular flexibility index (Phi) is 6.02. The Morgan fingerprint density at radius 1 is 1.00 bits per heavy atom. The fourth-order valence-electron chi connectivity index (χ4n) is 0.848. The molecule has 0 aliphatic rings. The van der Waals surface area contributed by atoms with Crippen molar-refractivity contribution in [2.45, 2.75) is 12.8 Å². The van der Waals surface area contributed by atoms with Crippen molar-refractivity contribution in [1.82, 2.24) is 0 Å². The average molecular weight is 192 g/mol. The van der Waals surface area contributed by atoms with E-state index in [0.29, 0.717) is 0 Å². The molecule has 5 nitrogen and oxygen atoms in total. The van der Waals surface area contributed by atoms with Crippen LogP contribution >= 0.6 is 0 Å². The normalized spacial score (nSPS) is 13.7. The minimum Gasteiger partial charge on any atom is -0.303 e. The van der Waals surface area contributed by atoms with E-state index in [1.54, 1.807) is 0 Å². The molecule has 0 aliphatic heterocycles. The molecule has 72 valence electrons. The Morgan fingerprint density at radius 2 is 1.36 bits per heavy atom. The minimum atomic E-state index is -1.16. The van der Waals surface area contributed by atoms with E-state index < -0.39 is 17.6 Å². The van der Waals surface area contributed by atoms with Gasteiger partial charge in [-0.25, -0.2) is 0 Å². The summed E-state index contributed by atoms with van der Waals surface area (Å²) >= 11 is 0. The summed E-state index contributed by atoms with van der Waals surface area (Å²) in [5.74, 6) is -3.01. The van der Waals surface area contributed by atoms with Gasteiger partial charge in [-0.15, -0.1) is 0 Å². The lowest BCUT2D eigenvalue weighted by molar-refractivity contribution is -0.122. The van der Waals surface area contributed by atoms with Crippen LogP contribution in [0.5, 0.6) is 0 Å². The zero-order chi connectivity index (χ0) is 11.0. The van der Waals surface area contributed by atoms with Crippen LogP contribution in [0.2, 0.25) is 0 Å². The summed E-state index contributed by atoms with van der Waals surface area (Å²) < 4.78 is 0. The summed E-state index contributed by atoms with van der Waals surface area (Å²) in [7, 11) is 0. The first kappa shape index (κ1) is 12.3. The van der Waals surface area contributed by atoms with Gasteiger partial charge in [-0.1, -0.05) is 0 Å². The second-order valence-electron chi connectivity index (χ2n) is 2.51. The minimum absolute atomic E-state index is 0.196. The Morgan fingerprint density at radius 3 is 1.57 bits per heavy atom. The second kappa shape index (κ2) is 6.82. The van der Waals surface area contributed by atoms with Gasteiger partial charge in [0.25, 0.3) is 0 Å². The molecule has 0 amide bonds. The number of carbonyl (C=O) groups excluding carboxylic acids is 3. The van der Waals surface area contributed by atoms with Gasteiger partial charge >= 0.3 is 0 Å². The number of carbonyl (C=O) groups is 1. The third-order valence-corrected chi connectivity index (χ3v) is 1.58. The second-order valence-corrected chi connectivity index (χ2v) is 2.51. The van der Waals surface area contributed by atoms with Gasteiger partial charge in [-0.3, -0.25) is 14.4 Å². The average Bonchev–Trinajstić information content (AvgIpc) is 2.21. The van der Waals surface area contributed by atoms with Crippen LogP contribution in [0.3, 0.4) is 0 Å². The molecule has 0 aromatic rings. The molecule has 0 saturated carbocycles. The van der Waals surface area contributed by atoms with Crippen LogP contribution in [-0.4, -0.2) is 30.8 Å². The molecule has 0 rings (SSSR count). The molecule has 2 atom stereocenters. The molecule has 0 saturated heterocycles. The lowest BCUT2D eigenvalue weighted by Gasteiger charge is -2.08. The first-order valence-corrected chi connectivity index (χ1v) is 3.79. The maximum absolute atomic E-state index is 11.3. The maximum Gasteiger partial charge on any atom is 0.210 e. The lowest BCUT2D eigenvalue weighted by atomic mass is 9.91. The molecule has 14 heavy (non-hydrogen) atoms. The largest absolute Gasteiger partial charge is 0.303 e. The molecular formula is C9H8N2O3. The Labute approximate surface area is 81.5 Å². The van der Waals surface area contributed by atoms with Crippen molar-refractivity contribution in [2.75, 3.05) is 0 Å². The van der Waals surface area contributed by atoms with Crippen LogP contribution in [-0.2, 0) is 14.4 Å². The first-order valence-electron chi connectivity index (χ1n) is 3.79. The van der Waals surface area contributed by atoms with Crippen LogP contribution in [0, 0.1) is 22.7 Å². The smallest absolute Gasteiger partial charge is 0.210 e. The summed E-state index contributed by atoms with van der Waals surface area (Å²) in [6.07, 6.45) is 6.24. The van der Waals surface area contributed by atoms with E-state index in [4.69, 9.17) is 10.8 Å². The number of nitrogens with one attached hydrogen (secondary N) is 2. The lowest BCUT2D eigenvalue weighted by Crippen LogP contribution is -2.26. The predicted octanol–water partition coefficient (Wildman–Crippen LogP) is -0.159. The van der Waals surface area contributed by atoms with Gasteiger partial charge in [0.15, 0.2) is 5.78 Å². The maximum atomic E-state index is 11.3. The van der Waals surface area contributed by atoms with Gasteiger partial charge in [0.05, 0.1) is 24.3 Å². The van der Waals surface area contributed by atoms with E-state index in [1.165, 1.54) is 12.6 Å². The van der Waals surface area contributed by atoms with Crippen molar-refractivity contribution in [2.24, 2.45) is 11.8 Å². The summed E-state index contributed by atoms with van der Waals surface area (Å²) in [5.41, 5.74) is 0. The van der Waals surface area contributed by atoms with Crippen molar-refractivity contribution in [3.05, 3.63) is 0 Å². The summed E-state index contributed by atoms with van der Waals surface area (Å²) in [6, 6.07) is 0. The first-order chi connectivity index (χ1) is 6.71. The van der Waals surface area contributed by atoms with E-state index >= 15 is 0 Å². The molecule has 4 radical (unpaired) electrons. The Bertz CT molecular complexity index is 226. The van der Waals surface area contributed by atoms with Gasteiger partial charge in [-0.05, 0) is 0 Å². The summed E-state index contributed by atoms with van der Waals surface area (Å²) in [6.45, 7) is 0. The SMILES string of the molecule is N=[C]CC([C]=O)C(=O)C([C]=O)C[C]=N. The zero-order valence-electron chi connectivity index (χ0n) is 7.29. The number of ketones is 1. The standard InChI is InChI=1S/C9H8N2O3/c10-3-1-7(5-12)9(14)8(6-13)2-4-11/h7-8,10-11H,1-2H2. The topological polar surface area (TPSA) is 98.9 Å². The van der Waals surface area contributed by atoms with Crippen LogP contribution in [0.25, 0.3) is 0 Å². The van der Waals surface area contributed by atoms with Crippen LogP contribution in [0.1, 0.15) is 12.8 Å². The molecule has 5 heteroatoms. The molecule has 0 heterocycles. The molecule has 0 spiro atoms. The molecule has 0 aliphatic carbocycles. The highest BCUT2D eigenvalue weighted by Gasteiger charge is 2.26. The molecule has 2 unspecified atom stereocenters. The number of hydrogen-bond acceptors (Lipinski definition) is 5. The quantitative estimate of drug-likeness (QED) is 0.413. The van der Waals surface area contributed by atoms with E-state index in [0.717, 1.165) is 0 Å². The molecule has 0 bridgehead atoms. The third kappa shape index (κ3) is 3.38. The number of rotatable bonds is 8. The van der Waals surface area contributed by atoms with Crippen molar-refractivity contribution in [3.63, 3.8) is 0 Å². The molecule has 2 N–H and O–H groups in total. The van der Waals surface area contributed by atoms with Gasteiger partial charge in [0.1, 0.15) is 0 Å². The fraction of sp³-hybridized carbons (Fsp3) is 0.444. The molecule has 0 fully saturated rings. The van der Waals surface area contributed by atoms with E-state index in [1.807, 2.05) is 12.4 Å². The van der Waals surface area contributed by atoms with E-state index in [2.05, 4.69) is 0 Å². The summed E-state index contributed by atoms with van der Waals surface area (Å²) in [4.78, 5) is 31.9. The highest BCUT2D eigenvalue weighted by atomic mass is 16.2. The Hall–Kier alpha value is -1.65. The highest BCUT2D eigenvalue weighted by molar-refractivity contribution is 6.04. The molecular weight excluding hydrogens is 184 g/mol. The molecule has 0 aromatic heterocycles. The van der Waals surface area contributed by atoms with Gasteiger partial charge in [0.2, 0.25) is 12.6 Å². The van der Waals surface area contributed by atoms with Crippen LogP contribution < -0.4 is 0 Å². The predicted molar refractivity (Wildman–Crippen MR) is 48.1 cm³/mol. The van der Waals surface area contributed by atoms with Crippen LogP contribution in [0.4, 0.5) is 0 Å². The van der Waals surface area contributed by atoms with Gasteiger partial charge in [0, 0.05) is 12.8 Å². The number of hydrogen-bond donors (Lipinski definition) is 2. The zero-order valence-corrected chi connectivity index (χ0v) is 7.29. The molecule has 0 aromatic carbocycles. The van der Waals surface area contributed by atoms with E-state index in [9.17, 15) is 14.4 Å². The Balaban J connectivity index is 4.50. The van der Waals surface area contributed by atoms with E-state index in [-0.39, 0.29) is 12.8 Å². The summed E-state index contributed by atoms with van der Waals surface area (Å²) in [5, 5.41) is 13.2.